The van der Waals surface area contributed by atoms with Gasteiger partial charge < -0.3 is 54.8 Å². The van der Waals surface area contributed by atoms with Crippen LogP contribution < -0.4 is 0 Å². The topological polar surface area (TPSA) is 314 Å². The lowest BCUT2D eigenvalue weighted by molar-refractivity contribution is -0.165. The molecule has 2 rings (SSSR count). The van der Waals surface area contributed by atoms with Crippen molar-refractivity contribution < 1.29 is 91.9 Å². The van der Waals surface area contributed by atoms with Gasteiger partial charge in [-0.15, -0.1) is 0 Å². The van der Waals surface area contributed by atoms with E-state index in [9.17, 15) is 68.8 Å². The van der Waals surface area contributed by atoms with Crippen LogP contribution in [0, 0.1) is 11.8 Å². The molecule has 0 radical (unpaired) electrons. The number of phosphoric acid groups is 2. The number of cyclic esters (lactones) is 1. The van der Waals surface area contributed by atoms with Crippen LogP contribution >= 0.6 is 15.6 Å². The first-order chi connectivity index (χ1) is 32.3. The minimum absolute atomic E-state index is 0.00683. The Morgan fingerprint density at radius 2 is 1.44 bits per heavy atom. The fourth-order valence-electron chi connectivity index (χ4n) is 7.89. The van der Waals surface area contributed by atoms with Crippen LogP contribution in [0.1, 0.15) is 149 Å². The van der Waals surface area contributed by atoms with Crippen molar-refractivity contribution in [2.75, 3.05) is 13.2 Å². The van der Waals surface area contributed by atoms with Crippen molar-refractivity contribution in [3.8, 4) is 0 Å². The molecule has 12 atom stereocenters. The van der Waals surface area contributed by atoms with Crippen molar-refractivity contribution in [3.63, 3.8) is 0 Å². The number of fused-ring (bicyclic) bond motifs is 4. The first kappa shape index (κ1) is 61.7. The lowest BCUT2D eigenvalue weighted by atomic mass is 9.82. The quantitative estimate of drug-likeness (QED) is 0.0250. The van der Waals surface area contributed by atoms with Crippen molar-refractivity contribution >= 4 is 33.4 Å². The zero-order valence-electron chi connectivity index (χ0n) is 39.7. The van der Waals surface area contributed by atoms with Crippen LogP contribution in [-0.2, 0) is 46.6 Å². The minimum Gasteiger partial charge on any atom is -0.462 e. The molecular weight excluding hydrogens is 930 g/mol. The maximum atomic E-state index is 13.9. The van der Waals surface area contributed by atoms with Gasteiger partial charge in [-0.25, -0.2) is 9.13 Å². The molecule has 1 aliphatic carbocycles. The predicted molar refractivity (Wildman–Crippen MR) is 251 cm³/mol. The molecule has 0 aromatic rings. The second kappa shape index (κ2) is 34.0. The summed E-state index contributed by atoms with van der Waals surface area (Å²) in [5.41, 5.74) is 0. The summed E-state index contributed by atoms with van der Waals surface area (Å²) in [6.45, 7) is 2.50. The largest absolute Gasteiger partial charge is 0.472 e. The van der Waals surface area contributed by atoms with Gasteiger partial charge in [-0.1, -0.05) is 114 Å². The molecule has 68 heavy (non-hydrogen) atoms. The molecule has 1 aliphatic heterocycles. The van der Waals surface area contributed by atoms with E-state index >= 15 is 0 Å². The summed E-state index contributed by atoms with van der Waals surface area (Å²) >= 11 is 0. The van der Waals surface area contributed by atoms with E-state index in [-0.39, 0.29) is 32.1 Å². The van der Waals surface area contributed by atoms with Gasteiger partial charge >= 0.3 is 27.6 Å². The van der Waals surface area contributed by atoms with Crippen molar-refractivity contribution in [1.82, 2.24) is 0 Å². The first-order valence-corrected chi connectivity index (χ1v) is 27.3. The Morgan fingerprint density at radius 3 is 2.09 bits per heavy atom. The van der Waals surface area contributed by atoms with Crippen LogP contribution in [0.25, 0.3) is 0 Å². The van der Waals surface area contributed by atoms with E-state index in [1.807, 2.05) is 19.1 Å². The Labute approximate surface area is 401 Å². The highest BCUT2D eigenvalue weighted by Gasteiger charge is 2.51. The number of ether oxygens (including phenoxy) is 2. The molecule has 392 valence electrons. The molecule has 0 aromatic carbocycles. The van der Waals surface area contributed by atoms with Crippen LogP contribution in [0.2, 0.25) is 0 Å². The Hall–Kier alpha value is -2.45. The lowest BCUT2D eigenvalue weighted by Gasteiger charge is -2.38. The number of phosphoric ester groups is 2. The van der Waals surface area contributed by atoms with Gasteiger partial charge in [-0.2, -0.15) is 0 Å². The van der Waals surface area contributed by atoms with Gasteiger partial charge in [0.25, 0.3) is 0 Å². The van der Waals surface area contributed by atoms with Gasteiger partial charge in [-0.05, 0) is 64.2 Å². The summed E-state index contributed by atoms with van der Waals surface area (Å²) in [7, 11) is -11.5. The number of allylic oxidation sites excluding steroid dienone is 6. The summed E-state index contributed by atoms with van der Waals surface area (Å²) in [4.78, 5) is 70.5. The monoisotopic (exact) mass is 1010 g/mol. The highest BCUT2D eigenvalue weighted by Crippen LogP contribution is 2.49. The third-order valence-corrected chi connectivity index (χ3v) is 13.3. The fraction of sp³-hybridized carbons (Fsp3) is 0.766. The SMILES string of the molecule is CCCCC/C=C\C/C=C\C/C=C\CCCCC(=O)OC[C@@H]1COP(=O)(O)O[C@H]2[C@H](O)[C@@H](O)[C@H](O)[C@@H](CCCCCCC(=O)O1)[C@@H](O)CC(=O)[C@H](C=C[C@@H](O)CCCCC)[C@@H](O)[C@H]2OP(=O)(O)O. The predicted octanol–water partition coefficient (Wildman–Crippen LogP) is 5.87. The second-order valence-corrected chi connectivity index (χ2v) is 20.2. The third-order valence-electron chi connectivity index (χ3n) is 11.8. The molecular formula is C47H80O19P2. The average Bonchev–Trinajstić information content (AvgIpc) is 3.28. The van der Waals surface area contributed by atoms with Gasteiger partial charge in [0, 0.05) is 25.2 Å². The highest BCUT2D eigenvalue weighted by molar-refractivity contribution is 7.47. The van der Waals surface area contributed by atoms with Crippen LogP contribution in [-0.4, -0.2) is 131 Å². The molecule has 19 nitrogen and oxygen atoms in total. The van der Waals surface area contributed by atoms with Gasteiger partial charge in [0.2, 0.25) is 0 Å². The number of unbranched alkanes of at least 4 members (excludes halogenated alkanes) is 7. The third kappa shape index (κ3) is 25.6. The molecule has 1 heterocycles. The van der Waals surface area contributed by atoms with Crippen molar-refractivity contribution in [3.05, 3.63) is 48.6 Å². The van der Waals surface area contributed by atoms with Gasteiger partial charge in [0.15, 0.2) is 6.10 Å². The van der Waals surface area contributed by atoms with Crippen LogP contribution in [0.15, 0.2) is 48.6 Å². The Balaban J connectivity index is 2.33. The zero-order chi connectivity index (χ0) is 50.5. The maximum Gasteiger partial charge on any atom is 0.472 e. The zero-order valence-corrected chi connectivity index (χ0v) is 41.5. The van der Waals surface area contributed by atoms with Crippen molar-refractivity contribution in [1.29, 1.82) is 0 Å². The summed E-state index contributed by atoms with van der Waals surface area (Å²) in [5, 5.41) is 68.0. The number of ketones is 1. The molecule has 2 fully saturated rings. The second-order valence-electron chi connectivity index (χ2n) is 17.6. The van der Waals surface area contributed by atoms with Crippen LogP contribution in [0.3, 0.4) is 0 Å². The van der Waals surface area contributed by atoms with E-state index in [1.54, 1.807) is 0 Å². The number of esters is 2. The molecule has 9 N–H and O–H groups in total. The number of carbonyl (C=O) groups is 3. The number of Topliss-reactive ketones (excluding diaryl/α,β-unsaturated/α-hetero) is 1. The fourth-order valence-corrected chi connectivity index (χ4v) is 9.42. The highest BCUT2D eigenvalue weighted by atomic mass is 31.2. The number of aliphatic hydroxyl groups is 6. The van der Waals surface area contributed by atoms with Gasteiger partial charge in [-0.3, -0.25) is 28.0 Å². The van der Waals surface area contributed by atoms with E-state index in [4.69, 9.17) is 23.0 Å². The number of hydrogen-bond donors (Lipinski definition) is 9. The Morgan fingerprint density at radius 1 is 0.824 bits per heavy atom. The first-order valence-electron chi connectivity index (χ1n) is 24.3. The van der Waals surface area contributed by atoms with Crippen LogP contribution in [0.5, 0.6) is 0 Å². The van der Waals surface area contributed by atoms with E-state index < -0.39 is 120 Å². The smallest absolute Gasteiger partial charge is 0.462 e. The summed E-state index contributed by atoms with van der Waals surface area (Å²) in [5.74, 6) is -5.67. The minimum atomic E-state index is -5.79. The maximum absolute atomic E-state index is 13.9. The molecule has 1 saturated carbocycles. The van der Waals surface area contributed by atoms with Crippen LogP contribution in [0.4, 0.5) is 0 Å². The summed E-state index contributed by atoms with van der Waals surface area (Å²) in [6.07, 6.45) is 6.41. The number of carbonyl (C=O) groups excluding carboxylic acids is 3. The molecule has 21 heteroatoms. The molecule has 1 unspecified atom stereocenters. The normalized spacial score (nSPS) is 30.8. The number of aliphatic hydroxyl groups excluding tert-OH is 6. The van der Waals surface area contributed by atoms with E-state index in [1.165, 1.54) is 19.3 Å². The Bertz CT molecular complexity index is 1670. The van der Waals surface area contributed by atoms with E-state index in [0.717, 1.165) is 50.7 Å². The van der Waals surface area contributed by atoms with E-state index in [2.05, 4.69) is 31.2 Å². The van der Waals surface area contributed by atoms with Gasteiger partial charge in [0.05, 0.1) is 36.9 Å². The lowest BCUT2D eigenvalue weighted by Crippen LogP contribution is -2.56. The number of rotatable bonds is 23. The molecule has 2 aliphatic rings. The van der Waals surface area contributed by atoms with Gasteiger partial charge in [0.1, 0.15) is 36.8 Å². The molecule has 1 saturated heterocycles. The average molecular weight is 1010 g/mol. The molecule has 0 aromatic heterocycles. The Kier molecular flexibility index (Phi) is 30.8. The summed E-state index contributed by atoms with van der Waals surface area (Å²) in [6, 6.07) is 0. The van der Waals surface area contributed by atoms with Crippen molar-refractivity contribution in [2.45, 2.75) is 204 Å². The number of hydrogen-bond acceptors (Lipinski definition) is 16. The van der Waals surface area contributed by atoms with Crippen molar-refractivity contribution in [2.24, 2.45) is 11.8 Å². The molecule has 2 bridgehead atoms. The molecule has 0 amide bonds. The summed E-state index contributed by atoms with van der Waals surface area (Å²) < 4.78 is 52.0. The standard InChI is InChI=1S/C47H80O19P2/c1-3-5-7-8-9-10-11-12-13-14-15-16-17-18-23-27-40(51)62-32-35-33-63-68(60,61)66-47-45(56)44(55)42(53)36(26-22-19-20-24-28-41(52)64-35)38(49)31-39(50)37(30-29-34(48)25-21-6-4-2)43(54)46(47)65-67(57,58)59/h9-10,12-13,15-16,29-30,34-38,42-49,53-56H,3-8,11,14,17-28,31-33H2,1-2H3,(H,60,61)(H2,57,58,59)/b10-9-,13-12-,16-15-,30-29?/t34-,35+,36-,37-,38-,42+,43+,44-,45+,46+,47-/m0/s1. The van der Waals surface area contributed by atoms with E-state index in [0.29, 0.717) is 38.5 Å². The molecule has 0 spiro atoms.